The Labute approximate surface area is 236 Å². The maximum absolute atomic E-state index is 13.5. The van der Waals surface area contributed by atoms with Crippen LogP contribution in [0.3, 0.4) is 0 Å². The number of amides is 2. The number of benzene rings is 2. The van der Waals surface area contributed by atoms with Crippen molar-refractivity contribution in [3.63, 3.8) is 0 Å². The first kappa shape index (κ1) is 27.3. The number of nitrogens with one attached hydrogen (secondary N) is 2. The first-order valence-corrected chi connectivity index (χ1v) is 13.4. The molecule has 9 nitrogen and oxygen atoms in total. The summed E-state index contributed by atoms with van der Waals surface area (Å²) in [5.41, 5.74) is 4.59. The van der Waals surface area contributed by atoms with Crippen molar-refractivity contribution in [1.29, 1.82) is 0 Å². The number of nitrogens with zero attached hydrogens (tertiary/aromatic N) is 3. The number of ether oxygens (including phenoxy) is 1. The summed E-state index contributed by atoms with van der Waals surface area (Å²) in [6, 6.07) is 12.0. The summed E-state index contributed by atoms with van der Waals surface area (Å²) in [6.45, 7) is 9.18. The first-order chi connectivity index (χ1) is 18.9. The first-order valence-electron chi connectivity index (χ1n) is 13.0. The fourth-order valence-electron chi connectivity index (χ4n) is 4.97. The summed E-state index contributed by atoms with van der Waals surface area (Å²) < 4.78 is 6.94. The third-order valence-electron chi connectivity index (χ3n) is 6.82. The quantitative estimate of drug-likeness (QED) is 0.306. The number of hydrogen-bond acceptors (Lipinski definition) is 6. The Morgan fingerprint density at radius 1 is 1.05 bits per heavy atom. The molecule has 0 saturated carbocycles. The number of anilines is 1. The molecule has 0 saturated heterocycles. The predicted octanol–water partition coefficient (Wildman–Crippen LogP) is 5.62. The smallest absolute Gasteiger partial charge is 0.338 e. The minimum absolute atomic E-state index is 0.217. The summed E-state index contributed by atoms with van der Waals surface area (Å²) in [5.74, 6) is -1.14. The van der Waals surface area contributed by atoms with Crippen molar-refractivity contribution in [2.45, 2.75) is 59.1 Å². The van der Waals surface area contributed by atoms with Gasteiger partial charge in [-0.05, 0) is 88.4 Å². The predicted molar refractivity (Wildman–Crippen MR) is 152 cm³/mol. The topological polar surface area (TPSA) is 115 Å². The van der Waals surface area contributed by atoms with E-state index < -0.39 is 11.5 Å². The van der Waals surface area contributed by atoms with Gasteiger partial charge in [0.1, 0.15) is 16.9 Å². The molecular formula is C30H30ClN5O4. The molecule has 206 valence electrons. The Morgan fingerprint density at radius 2 is 1.80 bits per heavy atom. The zero-order valence-electron chi connectivity index (χ0n) is 23.0. The molecule has 2 N–H and O–H groups in total. The van der Waals surface area contributed by atoms with Crippen LogP contribution in [-0.4, -0.2) is 38.0 Å². The second-order valence-electron chi connectivity index (χ2n) is 10.9. The Bertz CT molecular complexity index is 1670. The highest BCUT2D eigenvalue weighted by Gasteiger charge is 2.30. The molecule has 1 atom stereocenters. The van der Waals surface area contributed by atoms with Gasteiger partial charge < -0.3 is 15.4 Å². The largest absolute Gasteiger partial charge is 0.456 e. The van der Waals surface area contributed by atoms with Crippen LogP contribution in [0.4, 0.5) is 5.69 Å². The van der Waals surface area contributed by atoms with E-state index in [9.17, 15) is 14.4 Å². The highest BCUT2D eigenvalue weighted by molar-refractivity contribution is 6.34. The van der Waals surface area contributed by atoms with E-state index in [2.05, 4.69) is 20.7 Å². The van der Waals surface area contributed by atoms with Gasteiger partial charge in [-0.3, -0.25) is 9.59 Å². The minimum Gasteiger partial charge on any atom is -0.456 e. The molecule has 2 aromatic heterocycles. The summed E-state index contributed by atoms with van der Waals surface area (Å²) >= 11 is 6.19. The number of rotatable bonds is 5. The molecule has 5 rings (SSSR count). The molecule has 1 aliphatic carbocycles. The number of aromatic nitrogens is 3. The minimum atomic E-state index is -0.589. The average molecular weight is 560 g/mol. The van der Waals surface area contributed by atoms with Crippen LogP contribution in [0.25, 0.3) is 5.65 Å². The van der Waals surface area contributed by atoms with Crippen LogP contribution in [0.5, 0.6) is 0 Å². The Kier molecular flexibility index (Phi) is 7.10. The van der Waals surface area contributed by atoms with Crippen LogP contribution in [0, 0.1) is 13.8 Å². The number of carbonyl (C=O) groups excluding carboxylic acids is 3. The molecule has 0 aliphatic heterocycles. The normalized spacial score (nSPS) is 14.6. The molecule has 2 heterocycles. The zero-order chi connectivity index (χ0) is 28.8. The maximum Gasteiger partial charge on any atom is 0.338 e. The molecule has 0 spiro atoms. The van der Waals surface area contributed by atoms with Crippen molar-refractivity contribution in [3.8, 4) is 0 Å². The Hall–Kier alpha value is -4.24. The molecule has 2 amide bonds. The second kappa shape index (κ2) is 10.4. The Morgan fingerprint density at radius 3 is 2.52 bits per heavy atom. The lowest BCUT2D eigenvalue weighted by atomic mass is 9.97. The van der Waals surface area contributed by atoms with E-state index in [1.54, 1.807) is 43.3 Å². The number of hydrogen-bond donors (Lipinski definition) is 2. The fourth-order valence-corrected chi connectivity index (χ4v) is 5.16. The van der Waals surface area contributed by atoms with E-state index in [4.69, 9.17) is 16.3 Å². The van der Waals surface area contributed by atoms with E-state index in [1.807, 2.05) is 33.8 Å². The highest BCUT2D eigenvalue weighted by Crippen LogP contribution is 2.35. The molecule has 1 aliphatic rings. The summed E-state index contributed by atoms with van der Waals surface area (Å²) in [7, 11) is 0. The Balaban J connectivity index is 1.39. The van der Waals surface area contributed by atoms with Gasteiger partial charge in [0.05, 0.1) is 28.5 Å². The molecule has 0 bridgehead atoms. The van der Waals surface area contributed by atoms with Crippen LogP contribution in [0.1, 0.15) is 86.8 Å². The number of esters is 1. The summed E-state index contributed by atoms with van der Waals surface area (Å²) in [5, 5.41) is 10.6. The zero-order valence-corrected chi connectivity index (χ0v) is 23.7. The van der Waals surface area contributed by atoms with Gasteiger partial charge in [0.2, 0.25) is 0 Å². The lowest BCUT2D eigenvalue weighted by Crippen LogP contribution is -2.29. The highest BCUT2D eigenvalue weighted by atomic mass is 35.5. The maximum atomic E-state index is 13.5. The second-order valence-corrected chi connectivity index (χ2v) is 11.3. The SMILES string of the molecule is Cc1cc(C(=O)N[C@H]2CCc3c2ccc(C(=O)OC(C)(C)C)c3C)n2ncc(C(=O)Nc3ccccc3Cl)c2n1. The molecule has 40 heavy (non-hydrogen) atoms. The number of fused-ring (bicyclic) bond motifs is 2. The van der Waals surface area contributed by atoms with Crippen molar-refractivity contribution < 1.29 is 19.1 Å². The summed E-state index contributed by atoms with van der Waals surface area (Å²) in [4.78, 5) is 43.7. The van der Waals surface area contributed by atoms with Gasteiger partial charge in [-0.25, -0.2) is 14.3 Å². The van der Waals surface area contributed by atoms with Gasteiger partial charge in [-0.1, -0.05) is 29.8 Å². The fraction of sp³-hybridized carbons (Fsp3) is 0.300. The lowest BCUT2D eigenvalue weighted by molar-refractivity contribution is 0.00683. The molecule has 4 aromatic rings. The number of para-hydroxylation sites is 1. The molecule has 2 aromatic carbocycles. The standard InChI is InChI=1S/C30H30ClN5O4/c1-16-14-25(36-26(33-16)21(15-32-36)27(37)35-24-9-7-6-8-22(24)31)28(38)34-23-13-12-18-17(2)19(10-11-20(18)23)29(39)40-30(3,4)5/h6-11,14-15,23H,12-13H2,1-5H3,(H,34,38)(H,35,37)/t23-/m0/s1. The number of carbonyl (C=O) groups is 3. The van der Waals surface area contributed by atoms with E-state index in [1.165, 1.54) is 10.7 Å². The van der Waals surface area contributed by atoms with E-state index in [0.717, 1.165) is 23.1 Å². The van der Waals surface area contributed by atoms with Crippen molar-refractivity contribution in [1.82, 2.24) is 19.9 Å². The van der Waals surface area contributed by atoms with Crippen LogP contribution >= 0.6 is 11.6 Å². The van der Waals surface area contributed by atoms with Crippen molar-refractivity contribution in [2.75, 3.05) is 5.32 Å². The van der Waals surface area contributed by atoms with E-state index in [-0.39, 0.29) is 34.8 Å². The van der Waals surface area contributed by atoms with Gasteiger partial charge in [0.15, 0.2) is 5.65 Å². The molecule has 10 heteroatoms. The van der Waals surface area contributed by atoms with Gasteiger partial charge >= 0.3 is 5.97 Å². The van der Waals surface area contributed by atoms with Gasteiger partial charge in [-0.2, -0.15) is 5.10 Å². The molecular weight excluding hydrogens is 530 g/mol. The average Bonchev–Trinajstić information content (AvgIpc) is 3.49. The van der Waals surface area contributed by atoms with E-state index in [0.29, 0.717) is 28.4 Å². The van der Waals surface area contributed by atoms with Gasteiger partial charge in [0, 0.05) is 5.69 Å². The van der Waals surface area contributed by atoms with Gasteiger partial charge in [-0.15, -0.1) is 0 Å². The van der Waals surface area contributed by atoms with Crippen LogP contribution in [0.2, 0.25) is 5.02 Å². The molecule has 0 fully saturated rings. The molecule has 0 radical (unpaired) electrons. The van der Waals surface area contributed by atoms with Crippen molar-refractivity contribution in [2.24, 2.45) is 0 Å². The summed E-state index contributed by atoms with van der Waals surface area (Å²) in [6.07, 6.45) is 2.80. The monoisotopic (exact) mass is 559 g/mol. The van der Waals surface area contributed by atoms with Crippen molar-refractivity contribution in [3.05, 3.63) is 92.9 Å². The third-order valence-corrected chi connectivity index (χ3v) is 7.15. The molecule has 0 unspecified atom stereocenters. The van der Waals surface area contributed by atoms with Gasteiger partial charge in [0.25, 0.3) is 11.8 Å². The van der Waals surface area contributed by atoms with Crippen LogP contribution in [-0.2, 0) is 11.2 Å². The third kappa shape index (κ3) is 5.29. The lowest BCUT2D eigenvalue weighted by Gasteiger charge is -2.21. The van der Waals surface area contributed by atoms with Crippen LogP contribution in [0.15, 0.2) is 48.7 Å². The number of aryl methyl sites for hydroxylation is 1. The van der Waals surface area contributed by atoms with Crippen molar-refractivity contribution >= 4 is 40.7 Å². The number of halogens is 1. The van der Waals surface area contributed by atoms with E-state index >= 15 is 0 Å². The van der Waals surface area contributed by atoms with Crippen LogP contribution < -0.4 is 10.6 Å².